The van der Waals surface area contributed by atoms with Crippen LogP contribution in [-0.4, -0.2) is 29.0 Å². The van der Waals surface area contributed by atoms with Crippen molar-refractivity contribution in [3.63, 3.8) is 0 Å². The van der Waals surface area contributed by atoms with Gasteiger partial charge in [0.2, 0.25) is 0 Å². The van der Waals surface area contributed by atoms with Gasteiger partial charge in [0.25, 0.3) is 6.71 Å². The van der Waals surface area contributed by atoms with Crippen LogP contribution >= 0.6 is 15.9 Å². The number of ether oxygens (including phenoxy) is 1. The van der Waals surface area contributed by atoms with E-state index in [0.717, 1.165) is 34.7 Å². The first-order valence-corrected chi connectivity index (χ1v) is 7.59. The van der Waals surface area contributed by atoms with Crippen molar-refractivity contribution in [2.45, 2.75) is 32.2 Å². The Balaban J connectivity index is 1.86. The van der Waals surface area contributed by atoms with Gasteiger partial charge < -0.3 is 9.30 Å². The zero-order valence-corrected chi connectivity index (χ0v) is 12.9. The van der Waals surface area contributed by atoms with Crippen LogP contribution in [0.15, 0.2) is 22.9 Å². The second kappa shape index (κ2) is 5.59. The molecular weight excluding hydrogens is 317 g/mol. The van der Waals surface area contributed by atoms with Crippen molar-refractivity contribution in [1.29, 1.82) is 5.26 Å². The van der Waals surface area contributed by atoms with E-state index >= 15 is 0 Å². The maximum Gasteiger partial charge on any atom is 0.272 e. The van der Waals surface area contributed by atoms with E-state index < -0.39 is 0 Å². The van der Waals surface area contributed by atoms with Crippen molar-refractivity contribution < 1.29 is 4.74 Å². The molecule has 0 bridgehead atoms. The Morgan fingerprint density at radius 1 is 1.65 bits per heavy atom. The molecule has 0 aliphatic carbocycles. The van der Waals surface area contributed by atoms with Crippen LogP contribution in [-0.2, 0) is 11.3 Å². The van der Waals surface area contributed by atoms with Crippen molar-refractivity contribution in [2.75, 3.05) is 6.61 Å². The SMILES string of the molecule is Cc1cn(CC2CB(C#N)CCO2)c2ncc(Br)cc12. The van der Waals surface area contributed by atoms with Gasteiger partial charge in [-0.3, -0.25) is 0 Å². The minimum absolute atomic E-state index is 0.105. The Bertz CT molecular complexity index is 679. The minimum Gasteiger partial charge on any atom is -0.378 e. The molecule has 3 rings (SSSR count). The molecule has 2 aromatic heterocycles. The van der Waals surface area contributed by atoms with Gasteiger partial charge in [-0.15, -0.1) is 0 Å². The molecule has 1 fully saturated rings. The van der Waals surface area contributed by atoms with Crippen molar-refractivity contribution in [3.8, 4) is 5.97 Å². The molecule has 2 aromatic rings. The predicted molar refractivity (Wildman–Crippen MR) is 82.9 cm³/mol. The van der Waals surface area contributed by atoms with Crippen LogP contribution in [0.5, 0.6) is 0 Å². The number of hydrogen-bond donors (Lipinski definition) is 0. The molecule has 0 radical (unpaired) electrons. The first-order valence-electron chi connectivity index (χ1n) is 6.79. The van der Waals surface area contributed by atoms with E-state index in [2.05, 4.69) is 50.6 Å². The molecule has 1 aliphatic heterocycles. The van der Waals surface area contributed by atoms with Crippen LogP contribution in [0.2, 0.25) is 12.6 Å². The number of aromatic nitrogens is 2. The van der Waals surface area contributed by atoms with Gasteiger partial charge >= 0.3 is 0 Å². The molecule has 3 heterocycles. The fraction of sp³-hybridized carbons (Fsp3) is 0.429. The topological polar surface area (TPSA) is 50.8 Å². The third-order valence-corrected chi connectivity index (χ3v) is 4.26. The molecule has 0 saturated carbocycles. The molecule has 0 amide bonds. The van der Waals surface area contributed by atoms with E-state index in [1.54, 1.807) is 0 Å². The summed E-state index contributed by atoms with van der Waals surface area (Å²) in [5, 5.41) is 10.2. The number of halogens is 1. The van der Waals surface area contributed by atoms with Crippen LogP contribution in [0.1, 0.15) is 5.56 Å². The Labute approximate surface area is 126 Å². The van der Waals surface area contributed by atoms with Crippen molar-refractivity contribution in [2.24, 2.45) is 0 Å². The largest absolute Gasteiger partial charge is 0.378 e. The summed E-state index contributed by atoms with van der Waals surface area (Å²) in [6.07, 6.45) is 5.70. The van der Waals surface area contributed by atoms with Crippen LogP contribution in [0.4, 0.5) is 0 Å². The summed E-state index contributed by atoms with van der Waals surface area (Å²) in [6, 6.07) is 2.09. The Hall–Kier alpha value is -1.32. The fourth-order valence-corrected chi connectivity index (χ4v) is 3.13. The zero-order chi connectivity index (χ0) is 14.1. The molecule has 6 heteroatoms. The predicted octanol–water partition coefficient (Wildman–Crippen LogP) is 3.06. The first-order chi connectivity index (χ1) is 9.67. The third-order valence-electron chi connectivity index (χ3n) is 3.83. The molecule has 0 N–H and O–H groups in total. The van der Waals surface area contributed by atoms with E-state index in [-0.39, 0.29) is 12.8 Å². The second-order valence-electron chi connectivity index (χ2n) is 5.33. The van der Waals surface area contributed by atoms with Gasteiger partial charge in [-0.1, -0.05) is 0 Å². The lowest BCUT2D eigenvalue weighted by molar-refractivity contribution is 0.0554. The summed E-state index contributed by atoms with van der Waals surface area (Å²) >= 11 is 3.46. The van der Waals surface area contributed by atoms with E-state index in [4.69, 9.17) is 10.00 Å². The average Bonchev–Trinajstić information content (AvgIpc) is 2.75. The number of hydrogen-bond acceptors (Lipinski definition) is 3. The lowest BCUT2D eigenvalue weighted by Crippen LogP contribution is -2.32. The fourth-order valence-electron chi connectivity index (χ4n) is 2.80. The first kappa shape index (κ1) is 13.7. The van der Waals surface area contributed by atoms with E-state index in [9.17, 15) is 0 Å². The van der Waals surface area contributed by atoms with E-state index in [0.29, 0.717) is 6.61 Å². The number of pyridine rings is 1. The van der Waals surface area contributed by atoms with E-state index in [1.165, 1.54) is 5.56 Å². The molecule has 1 unspecified atom stereocenters. The van der Waals surface area contributed by atoms with Crippen LogP contribution in [0.3, 0.4) is 0 Å². The number of nitrogens with zero attached hydrogens (tertiary/aromatic N) is 3. The number of fused-ring (bicyclic) bond motifs is 1. The summed E-state index contributed by atoms with van der Waals surface area (Å²) in [5.74, 6) is 2.36. The van der Waals surface area contributed by atoms with Crippen LogP contribution in [0.25, 0.3) is 11.0 Å². The second-order valence-corrected chi connectivity index (χ2v) is 6.25. The highest BCUT2D eigenvalue weighted by Crippen LogP contribution is 2.24. The Morgan fingerprint density at radius 3 is 3.30 bits per heavy atom. The highest BCUT2D eigenvalue weighted by molar-refractivity contribution is 9.10. The molecule has 20 heavy (non-hydrogen) atoms. The average molecular weight is 332 g/mol. The summed E-state index contributed by atoms with van der Waals surface area (Å²) in [7, 11) is 0. The molecule has 1 saturated heterocycles. The lowest BCUT2D eigenvalue weighted by Gasteiger charge is -2.24. The smallest absolute Gasteiger partial charge is 0.272 e. The lowest BCUT2D eigenvalue weighted by atomic mass is 9.45. The maximum atomic E-state index is 9.05. The summed E-state index contributed by atoms with van der Waals surface area (Å²) in [4.78, 5) is 4.50. The van der Waals surface area contributed by atoms with Crippen LogP contribution in [0, 0.1) is 18.2 Å². The summed E-state index contributed by atoms with van der Waals surface area (Å²) in [5.41, 5.74) is 2.19. The van der Waals surface area contributed by atoms with Gasteiger partial charge in [-0.05, 0) is 47.1 Å². The summed E-state index contributed by atoms with van der Waals surface area (Å²) in [6.45, 7) is 3.66. The highest BCUT2D eigenvalue weighted by Gasteiger charge is 2.26. The van der Waals surface area contributed by atoms with Gasteiger partial charge in [0.1, 0.15) is 5.65 Å². The Kier molecular flexibility index (Phi) is 3.82. The minimum atomic E-state index is 0.105. The summed E-state index contributed by atoms with van der Waals surface area (Å²) < 4.78 is 8.92. The molecule has 1 atom stereocenters. The monoisotopic (exact) mass is 331 g/mol. The molecule has 0 spiro atoms. The molecular formula is C14H15BBrN3O. The van der Waals surface area contributed by atoms with Gasteiger partial charge in [0.05, 0.1) is 6.10 Å². The number of rotatable bonds is 2. The van der Waals surface area contributed by atoms with Crippen molar-refractivity contribution in [3.05, 3.63) is 28.5 Å². The molecule has 1 aliphatic rings. The zero-order valence-electron chi connectivity index (χ0n) is 11.3. The Morgan fingerprint density at radius 2 is 2.50 bits per heavy atom. The number of nitriles is 1. The highest BCUT2D eigenvalue weighted by atomic mass is 79.9. The standard InChI is InChI=1S/C14H15BBrN3O/c1-10-7-19(14-13(10)4-11(16)6-18-14)8-12-5-15(9-17)2-3-20-12/h4,6-7,12H,2-3,5,8H2,1H3. The van der Waals surface area contributed by atoms with Gasteiger partial charge in [0, 0.05) is 41.4 Å². The van der Waals surface area contributed by atoms with Gasteiger partial charge in [-0.25, -0.2) is 10.2 Å². The molecule has 4 nitrogen and oxygen atoms in total. The third kappa shape index (κ3) is 2.61. The van der Waals surface area contributed by atoms with Crippen molar-refractivity contribution >= 4 is 33.7 Å². The maximum absolute atomic E-state index is 9.05. The quantitative estimate of drug-likeness (QED) is 0.795. The van der Waals surface area contributed by atoms with Gasteiger partial charge in [-0.2, -0.15) is 0 Å². The van der Waals surface area contributed by atoms with E-state index in [1.807, 2.05) is 6.20 Å². The van der Waals surface area contributed by atoms with Crippen molar-refractivity contribution in [1.82, 2.24) is 9.55 Å². The number of aryl methyl sites for hydroxylation is 1. The molecule has 102 valence electrons. The molecule has 0 aromatic carbocycles. The van der Waals surface area contributed by atoms with Crippen LogP contribution < -0.4 is 0 Å². The van der Waals surface area contributed by atoms with Gasteiger partial charge in [0.15, 0.2) is 0 Å². The normalized spacial score (nSPS) is 19.2.